The van der Waals surface area contributed by atoms with Gasteiger partial charge in [0.25, 0.3) is 5.91 Å². The van der Waals surface area contributed by atoms with E-state index in [9.17, 15) is 9.59 Å². The van der Waals surface area contributed by atoms with Gasteiger partial charge in [0.1, 0.15) is 11.3 Å². The third-order valence-corrected chi connectivity index (χ3v) is 4.69. The van der Waals surface area contributed by atoms with E-state index in [0.717, 1.165) is 9.79 Å². The van der Waals surface area contributed by atoms with E-state index in [-0.39, 0.29) is 23.8 Å². The fraction of sp³-hybridized carbons (Fsp3) is 0.0476. The van der Waals surface area contributed by atoms with Crippen LogP contribution < -0.4 is 10.1 Å². The van der Waals surface area contributed by atoms with Crippen LogP contribution in [-0.4, -0.2) is 23.6 Å². The Kier molecular flexibility index (Phi) is 6.12. The molecule has 3 rings (SSSR count). The topological polar surface area (TPSA) is 75.6 Å². The average molecular weight is 379 g/mol. The summed E-state index contributed by atoms with van der Waals surface area (Å²) < 4.78 is 5.39. The van der Waals surface area contributed by atoms with Crippen molar-refractivity contribution in [3.05, 3.63) is 84.4 Å². The molecule has 136 valence electrons. The SMILES string of the molecule is O=C(COc1ccccc1C(=O)O)Nc1ccccc1Sc1ccccc1. The summed E-state index contributed by atoms with van der Waals surface area (Å²) in [6.07, 6.45) is 0. The first-order valence-corrected chi connectivity index (χ1v) is 9.02. The standard InChI is InChI=1S/C21H17NO4S/c23-20(14-26-18-12-6-4-10-16(18)21(24)25)22-17-11-5-7-13-19(17)27-15-8-2-1-3-9-15/h1-13H,14H2,(H,22,23)(H,24,25). The minimum absolute atomic E-state index is 0.0188. The summed E-state index contributed by atoms with van der Waals surface area (Å²) in [5.74, 6) is -1.31. The summed E-state index contributed by atoms with van der Waals surface area (Å²) in [4.78, 5) is 25.4. The maximum absolute atomic E-state index is 12.3. The zero-order valence-electron chi connectivity index (χ0n) is 14.3. The van der Waals surface area contributed by atoms with E-state index in [1.807, 2.05) is 54.6 Å². The van der Waals surface area contributed by atoms with E-state index in [4.69, 9.17) is 9.84 Å². The molecule has 27 heavy (non-hydrogen) atoms. The quantitative estimate of drug-likeness (QED) is 0.630. The Labute approximate surface area is 161 Å². The van der Waals surface area contributed by atoms with Crippen molar-refractivity contribution in [1.82, 2.24) is 0 Å². The molecular formula is C21H17NO4S. The summed E-state index contributed by atoms with van der Waals surface area (Å²) in [6.45, 7) is -0.283. The summed E-state index contributed by atoms with van der Waals surface area (Å²) in [5, 5.41) is 12.0. The van der Waals surface area contributed by atoms with Gasteiger partial charge in [-0.2, -0.15) is 0 Å². The normalized spacial score (nSPS) is 10.2. The Balaban J connectivity index is 1.66. The van der Waals surface area contributed by atoms with Crippen molar-refractivity contribution < 1.29 is 19.4 Å². The molecular weight excluding hydrogens is 362 g/mol. The molecule has 0 bridgehead atoms. The molecule has 1 amide bonds. The van der Waals surface area contributed by atoms with Crippen LogP contribution in [0.2, 0.25) is 0 Å². The first-order valence-electron chi connectivity index (χ1n) is 8.20. The number of amides is 1. The number of anilines is 1. The molecule has 0 aliphatic rings. The Morgan fingerprint density at radius 3 is 2.33 bits per heavy atom. The van der Waals surface area contributed by atoms with Gasteiger partial charge in [-0.05, 0) is 36.4 Å². The maximum atomic E-state index is 12.3. The summed E-state index contributed by atoms with van der Waals surface area (Å²) in [5.41, 5.74) is 0.691. The summed E-state index contributed by atoms with van der Waals surface area (Å²) in [6, 6.07) is 23.5. The molecule has 0 saturated heterocycles. The number of carboxylic acid groups (broad SMARTS) is 1. The fourth-order valence-electron chi connectivity index (χ4n) is 2.37. The third kappa shape index (κ3) is 5.12. The maximum Gasteiger partial charge on any atom is 0.339 e. The minimum atomic E-state index is -1.10. The lowest BCUT2D eigenvalue weighted by Gasteiger charge is -2.12. The fourth-order valence-corrected chi connectivity index (χ4v) is 3.30. The Hall–Kier alpha value is -3.25. The highest BCUT2D eigenvalue weighted by atomic mass is 32.2. The van der Waals surface area contributed by atoms with E-state index in [1.54, 1.807) is 23.9 Å². The van der Waals surface area contributed by atoms with Gasteiger partial charge in [0.05, 0.1) is 5.69 Å². The predicted molar refractivity (Wildman–Crippen MR) is 105 cm³/mol. The molecule has 0 radical (unpaired) electrons. The number of hydrogen-bond acceptors (Lipinski definition) is 4. The second-order valence-corrected chi connectivity index (χ2v) is 6.66. The van der Waals surface area contributed by atoms with Crippen LogP contribution in [-0.2, 0) is 4.79 Å². The molecule has 6 heteroatoms. The molecule has 0 saturated carbocycles. The first kappa shape index (κ1) is 18.5. The van der Waals surface area contributed by atoms with Crippen LogP contribution >= 0.6 is 11.8 Å². The molecule has 0 aliphatic carbocycles. The van der Waals surface area contributed by atoms with Gasteiger partial charge < -0.3 is 15.2 Å². The monoisotopic (exact) mass is 379 g/mol. The number of benzene rings is 3. The van der Waals surface area contributed by atoms with E-state index < -0.39 is 5.97 Å². The Bertz CT molecular complexity index is 944. The average Bonchev–Trinajstić information content (AvgIpc) is 2.69. The first-order chi connectivity index (χ1) is 13.1. The van der Waals surface area contributed by atoms with E-state index >= 15 is 0 Å². The van der Waals surface area contributed by atoms with Crippen LogP contribution in [0.1, 0.15) is 10.4 Å². The molecule has 0 unspecified atom stereocenters. The number of aromatic carboxylic acids is 1. The Morgan fingerprint density at radius 2 is 1.56 bits per heavy atom. The highest BCUT2D eigenvalue weighted by molar-refractivity contribution is 7.99. The van der Waals surface area contributed by atoms with E-state index in [1.165, 1.54) is 12.1 Å². The predicted octanol–water partition coefficient (Wildman–Crippen LogP) is 4.55. The lowest BCUT2D eigenvalue weighted by atomic mass is 10.2. The minimum Gasteiger partial charge on any atom is -0.483 e. The van der Waals surface area contributed by atoms with Crippen LogP contribution in [0.3, 0.4) is 0 Å². The Morgan fingerprint density at radius 1 is 0.889 bits per heavy atom. The van der Waals surface area contributed by atoms with Crippen molar-refractivity contribution in [2.24, 2.45) is 0 Å². The van der Waals surface area contributed by atoms with Gasteiger partial charge in [0.2, 0.25) is 0 Å². The molecule has 2 N–H and O–H groups in total. The lowest BCUT2D eigenvalue weighted by molar-refractivity contribution is -0.118. The highest BCUT2D eigenvalue weighted by Crippen LogP contribution is 2.33. The molecule has 0 aromatic heterocycles. The summed E-state index contributed by atoms with van der Waals surface area (Å²) >= 11 is 1.54. The van der Waals surface area contributed by atoms with Crippen LogP contribution in [0.4, 0.5) is 5.69 Å². The van der Waals surface area contributed by atoms with E-state index in [0.29, 0.717) is 5.69 Å². The molecule has 3 aromatic carbocycles. The number of rotatable bonds is 7. The molecule has 0 aliphatic heterocycles. The molecule has 0 spiro atoms. The highest BCUT2D eigenvalue weighted by Gasteiger charge is 2.13. The number of nitrogens with one attached hydrogen (secondary N) is 1. The molecule has 0 heterocycles. The number of carbonyl (C=O) groups is 2. The van der Waals surface area contributed by atoms with Gasteiger partial charge in [-0.3, -0.25) is 4.79 Å². The summed E-state index contributed by atoms with van der Waals surface area (Å²) in [7, 11) is 0. The third-order valence-electron chi connectivity index (χ3n) is 3.61. The lowest BCUT2D eigenvalue weighted by Crippen LogP contribution is -2.21. The van der Waals surface area contributed by atoms with Crippen molar-refractivity contribution in [2.75, 3.05) is 11.9 Å². The number of carboxylic acids is 1. The van der Waals surface area contributed by atoms with Crippen LogP contribution in [0.25, 0.3) is 0 Å². The number of hydrogen-bond donors (Lipinski definition) is 2. The number of ether oxygens (including phenoxy) is 1. The van der Waals surface area contributed by atoms with Gasteiger partial charge in [-0.25, -0.2) is 4.79 Å². The van der Waals surface area contributed by atoms with Crippen LogP contribution in [0.15, 0.2) is 88.7 Å². The van der Waals surface area contributed by atoms with Crippen LogP contribution in [0.5, 0.6) is 5.75 Å². The van der Waals surface area contributed by atoms with Crippen molar-refractivity contribution in [3.8, 4) is 5.75 Å². The number of para-hydroxylation sites is 2. The zero-order chi connectivity index (χ0) is 19.1. The van der Waals surface area contributed by atoms with Crippen LogP contribution in [0, 0.1) is 0 Å². The van der Waals surface area contributed by atoms with Crippen molar-refractivity contribution in [2.45, 2.75) is 9.79 Å². The van der Waals surface area contributed by atoms with Crippen molar-refractivity contribution in [1.29, 1.82) is 0 Å². The number of carbonyl (C=O) groups excluding carboxylic acids is 1. The van der Waals surface area contributed by atoms with Gasteiger partial charge in [-0.1, -0.05) is 54.2 Å². The molecule has 5 nitrogen and oxygen atoms in total. The van der Waals surface area contributed by atoms with Crippen molar-refractivity contribution in [3.63, 3.8) is 0 Å². The molecule has 0 fully saturated rings. The second kappa shape index (κ2) is 8.91. The zero-order valence-corrected chi connectivity index (χ0v) is 15.1. The smallest absolute Gasteiger partial charge is 0.339 e. The van der Waals surface area contributed by atoms with E-state index in [2.05, 4.69) is 5.32 Å². The van der Waals surface area contributed by atoms with Gasteiger partial charge in [0.15, 0.2) is 6.61 Å². The van der Waals surface area contributed by atoms with Gasteiger partial charge >= 0.3 is 5.97 Å². The van der Waals surface area contributed by atoms with Gasteiger partial charge in [0, 0.05) is 9.79 Å². The second-order valence-electron chi connectivity index (χ2n) is 5.55. The molecule has 3 aromatic rings. The van der Waals surface area contributed by atoms with Gasteiger partial charge in [-0.15, -0.1) is 0 Å². The van der Waals surface area contributed by atoms with Crippen molar-refractivity contribution >= 4 is 29.3 Å². The largest absolute Gasteiger partial charge is 0.483 e. The molecule has 0 atom stereocenters.